The predicted octanol–water partition coefficient (Wildman–Crippen LogP) is 3.26. The van der Waals surface area contributed by atoms with Crippen molar-refractivity contribution in [2.45, 2.75) is 25.8 Å². The van der Waals surface area contributed by atoms with Crippen molar-refractivity contribution in [1.29, 1.82) is 0 Å². The first-order valence-electron chi connectivity index (χ1n) is 5.00. The van der Waals surface area contributed by atoms with Gasteiger partial charge < -0.3 is 5.32 Å². The molecule has 0 spiro atoms. The van der Waals surface area contributed by atoms with Crippen LogP contribution in [0.2, 0.25) is 5.02 Å². The summed E-state index contributed by atoms with van der Waals surface area (Å²) >= 11 is 5.50. The minimum absolute atomic E-state index is 0.000739. The predicted molar refractivity (Wildman–Crippen MR) is 58.6 cm³/mol. The molecular weight excluding hydrogens is 239 g/mol. The van der Waals surface area contributed by atoms with E-state index in [1.807, 2.05) is 0 Å². The van der Waals surface area contributed by atoms with E-state index in [2.05, 4.69) is 5.32 Å². The number of likely N-dealkylation sites (N-methyl/N-ethyl adjacent to an activating group) is 1. The Balaban J connectivity index is 2.73. The number of hydrogen-bond acceptors (Lipinski definition) is 1. The van der Waals surface area contributed by atoms with E-state index in [9.17, 15) is 13.2 Å². The first-order valence-corrected chi connectivity index (χ1v) is 5.37. The van der Waals surface area contributed by atoms with E-state index in [0.29, 0.717) is 12.1 Å². The van der Waals surface area contributed by atoms with Crippen LogP contribution in [0, 0.1) is 5.82 Å². The Hall–Kier alpha value is -0.740. The maximum Gasteiger partial charge on any atom is 0.254 e. The molecule has 0 amide bonds. The lowest BCUT2D eigenvalue weighted by atomic mass is 10.1. The molecule has 1 aromatic carbocycles. The van der Waals surface area contributed by atoms with Crippen molar-refractivity contribution in [2.24, 2.45) is 0 Å². The quantitative estimate of drug-likeness (QED) is 0.847. The highest BCUT2D eigenvalue weighted by molar-refractivity contribution is 6.30. The molecule has 0 radical (unpaired) electrons. The van der Waals surface area contributed by atoms with Crippen LogP contribution in [-0.2, 0) is 6.42 Å². The Morgan fingerprint density at radius 3 is 2.56 bits per heavy atom. The van der Waals surface area contributed by atoms with Crippen LogP contribution in [0.3, 0.4) is 0 Å². The van der Waals surface area contributed by atoms with Gasteiger partial charge in [-0.05, 0) is 30.7 Å². The maximum absolute atomic E-state index is 13.1. The Labute approximate surface area is 97.6 Å². The van der Waals surface area contributed by atoms with Crippen molar-refractivity contribution in [2.75, 3.05) is 6.54 Å². The van der Waals surface area contributed by atoms with Crippen molar-refractivity contribution in [1.82, 2.24) is 5.32 Å². The highest BCUT2D eigenvalue weighted by Crippen LogP contribution is 2.17. The van der Waals surface area contributed by atoms with Gasteiger partial charge in [-0.25, -0.2) is 13.2 Å². The lowest BCUT2D eigenvalue weighted by Gasteiger charge is -2.16. The zero-order valence-corrected chi connectivity index (χ0v) is 9.57. The van der Waals surface area contributed by atoms with Gasteiger partial charge in [0.05, 0.1) is 11.1 Å². The number of hydrogen-bond donors (Lipinski definition) is 1. The smallest absolute Gasteiger partial charge is 0.254 e. The molecule has 0 aromatic heterocycles. The SMILES string of the molecule is CCNC(Cc1ccc(Cl)c(F)c1)C(F)F. The number of alkyl halides is 2. The molecule has 90 valence electrons. The molecule has 0 bridgehead atoms. The molecule has 0 fully saturated rings. The van der Waals surface area contributed by atoms with Gasteiger partial charge in [-0.1, -0.05) is 24.6 Å². The summed E-state index contributed by atoms with van der Waals surface area (Å²) in [4.78, 5) is 0. The largest absolute Gasteiger partial charge is 0.309 e. The third kappa shape index (κ3) is 3.68. The molecule has 1 nitrogen and oxygen atoms in total. The molecule has 0 saturated heterocycles. The molecule has 1 rings (SSSR count). The highest BCUT2D eigenvalue weighted by atomic mass is 35.5. The normalized spacial score (nSPS) is 13.1. The van der Waals surface area contributed by atoms with Crippen LogP contribution in [0.4, 0.5) is 13.2 Å². The summed E-state index contributed by atoms with van der Waals surface area (Å²) in [6.07, 6.45) is -2.39. The van der Waals surface area contributed by atoms with E-state index >= 15 is 0 Å². The average molecular weight is 252 g/mol. The second-order valence-corrected chi connectivity index (χ2v) is 3.86. The molecule has 0 aliphatic rings. The van der Waals surface area contributed by atoms with Crippen molar-refractivity contribution < 1.29 is 13.2 Å². The van der Waals surface area contributed by atoms with Crippen LogP contribution in [-0.4, -0.2) is 19.0 Å². The fourth-order valence-electron chi connectivity index (χ4n) is 1.43. The average Bonchev–Trinajstić information content (AvgIpc) is 2.22. The van der Waals surface area contributed by atoms with Crippen LogP contribution in [0.1, 0.15) is 12.5 Å². The third-order valence-electron chi connectivity index (χ3n) is 2.21. The van der Waals surface area contributed by atoms with E-state index in [1.54, 1.807) is 13.0 Å². The fourth-order valence-corrected chi connectivity index (χ4v) is 1.55. The first kappa shape index (κ1) is 13.3. The first-order chi connectivity index (χ1) is 7.54. The number of benzene rings is 1. The third-order valence-corrected chi connectivity index (χ3v) is 2.52. The Bertz CT molecular complexity index is 344. The summed E-state index contributed by atoms with van der Waals surface area (Å²) < 4.78 is 38.2. The second-order valence-electron chi connectivity index (χ2n) is 3.45. The van der Waals surface area contributed by atoms with Crippen LogP contribution >= 0.6 is 11.6 Å². The minimum Gasteiger partial charge on any atom is -0.309 e. The van der Waals surface area contributed by atoms with E-state index in [4.69, 9.17) is 11.6 Å². The van der Waals surface area contributed by atoms with Crippen LogP contribution in [0.15, 0.2) is 18.2 Å². The second kappa shape index (κ2) is 6.11. The minimum atomic E-state index is -2.47. The highest BCUT2D eigenvalue weighted by Gasteiger charge is 2.19. The van der Waals surface area contributed by atoms with Gasteiger partial charge in [0, 0.05) is 0 Å². The molecule has 0 heterocycles. The number of halogens is 4. The van der Waals surface area contributed by atoms with E-state index < -0.39 is 18.3 Å². The number of nitrogens with one attached hydrogen (secondary N) is 1. The topological polar surface area (TPSA) is 12.0 Å². The van der Waals surface area contributed by atoms with Crippen LogP contribution in [0.25, 0.3) is 0 Å². The lowest BCUT2D eigenvalue weighted by Crippen LogP contribution is -2.37. The molecule has 0 aliphatic carbocycles. The number of rotatable bonds is 5. The standard InChI is InChI=1S/C11H13ClF3N/c1-2-16-10(11(14)15)6-7-3-4-8(12)9(13)5-7/h3-5,10-11,16H,2,6H2,1H3. The zero-order valence-electron chi connectivity index (χ0n) is 8.81. The molecular formula is C11H13ClF3N. The van der Waals surface area contributed by atoms with E-state index in [-0.39, 0.29) is 11.4 Å². The van der Waals surface area contributed by atoms with Crippen LogP contribution in [0.5, 0.6) is 0 Å². The molecule has 5 heteroatoms. The lowest BCUT2D eigenvalue weighted by molar-refractivity contribution is 0.0990. The summed E-state index contributed by atoms with van der Waals surface area (Å²) in [5.74, 6) is -0.580. The van der Waals surface area contributed by atoms with Crippen molar-refractivity contribution in [3.05, 3.63) is 34.6 Å². The van der Waals surface area contributed by atoms with Gasteiger partial charge in [0.15, 0.2) is 0 Å². The van der Waals surface area contributed by atoms with Gasteiger partial charge in [0.25, 0.3) is 6.43 Å². The van der Waals surface area contributed by atoms with Gasteiger partial charge in [-0.3, -0.25) is 0 Å². The zero-order chi connectivity index (χ0) is 12.1. The molecule has 16 heavy (non-hydrogen) atoms. The summed E-state index contributed by atoms with van der Waals surface area (Å²) in [6, 6.07) is 3.17. The van der Waals surface area contributed by atoms with Crippen molar-refractivity contribution in [3.63, 3.8) is 0 Å². The van der Waals surface area contributed by atoms with Crippen LogP contribution < -0.4 is 5.32 Å². The molecule has 1 atom stereocenters. The molecule has 0 saturated carbocycles. The van der Waals surface area contributed by atoms with Gasteiger partial charge in [-0.15, -0.1) is 0 Å². The van der Waals surface area contributed by atoms with E-state index in [0.717, 1.165) is 0 Å². The Kier molecular flexibility index (Phi) is 5.09. The van der Waals surface area contributed by atoms with Gasteiger partial charge in [-0.2, -0.15) is 0 Å². The molecule has 1 aromatic rings. The van der Waals surface area contributed by atoms with Crippen molar-refractivity contribution in [3.8, 4) is 0 Å². The fraction of sp³-hybridized carbons (Fsp3) is 0.455. The van der Waals surface area contributed by atoms with Gasteiger partial charge in [0.2, 0.25) is 0 Å². The van der Waals surface area contributed by atoms with Crippen molar-refractivity contribution >= 4 is 11.6 Å². The van der Waals surface area contributed by atoms with E-state index in [1.165, 1.54) is 12.1 Å². The molecule has 1 N–H and O–H groups in total. The summed E-state index contributed by atoms with van der Waals surface area (Å²) in [6.45, 7) is 2.20. The Morgan fingerprint density at radius 1 is 1.38 bits per heavy atom. The van der Waals surface area contributed by atoms with Gasteiger partial charge in [0.1, 0.15) is 5.82 Å². The maximum atomic E-state index is 13.1. The Morgan fingerprint density at radius 2 is 2.06 bits per heavy atom. The summed E-state index contributed by atoms with van der Waals surface area (Å²) in [5, 5.41) is 2.66. The monoisotopic (exact) mass is 251 g/mol. The molecule has 0 aliphatic heterocycles. The summed E-state index contributed by atoms with van der Waals surface area (Å²) in [5.41, 5.74) is 0.508. The van der Waals surface area contributed by atoms with Gasteiger partial charge >= 0.3 is 0 Å². The summed E-state index contributed by atoms with van der Waals surface area (Å²) in [7, 11) is 0. The molecule has 1 unspecified atom stereocenters.